The fourth-order valence-electron chi connectivity index (χ4n) is 2.74. The summed E-state index contributed by atoms with van der Waals surface area (Å²) >= 11 is 0. The average molecular weight is 281 g/mol. The minimum absolute atomic E-state index is 0.102. The summed E-state index contributed by atoms with van der Waals surface area (Å²) in [6.45, 7) is 10.4. The molecule has 0 saturated carbocycles. The highest BCUT2D eigenvalue weighted by Gasteiger charge is 2.43. The van der Waals surface area contributed by atoms with E-state index in [0.717, 1.165) is 38.4 Å². The number of hydrogen-bond acceptors (Lipinski definition) is 4. The molecule has 1 N–H and O–H groups in total. The lowest BCUT2D eigenvalue weighted by Gasteiger charge is -2.48. The maximum atomic E-state index is 10.5. The number of methoxy groups -OCH3 is 1. The van der Waals surface area contributed by atoms with Gasteiger partial charge >= 0.3 is 0 Å². The second-order valence-electron chi connectivity index (χ2n) is 6.65. The first kappa shape index (κ1) is 15.5. The second kappa shape index (κ2) is 5.84. The maximum Gasteiger partial charge on any atom is 0.122 e. The minimum atomic E-state index is -0.588. The molecule has 0 aromatic carbocycles. The van der Waals surface area contributed by atoms with Gasteiger partial charge in [0.15, 0.2) is 0 Å². The molecule has 1 aromatic heterocycles. The summed E-state index contributed by atoms with van der Waals surface area (Å²) in [6.07, 6.45) is 4.65. The Morgan fingerprint density at radius 3 is 2.80 bits per heavy atom. The fourth-order valence-corrected chi connectivity index (χ4v) is 2.74. The molecule has 0 bridgehead atoms. The zero-order chi connectivity index (χ0) is 14.8. The van der Waals surface area contributed by atoms with Crippen LogP contribution in [0.3, 0.4) is 0 Å². The van der Waals surface area contributed by atoms with Crippen molar-refractivity contribution in [3.63, 3.8) is 0 Å². The van der Waals surface area contributed by atoms with Crippen molar-refractivity contribution in [3.05, 3.63) is 18.2 Å². The van der Waals surface area contributed by atoms with Crippen molar-refractivity contribution in [2.24, 2.45) is 5.41 Å². The zero-order valence-corrected chi connectivity index (χ0v) is 13.1. The Labute approximate surface area is 121 Å². The van der Waals surface area contributed by atoms with E-state index in [0.29, 0.717) is 6.61 Å². The van der Waals surface area contributed by atoms with Crippen molar-refractivity contribution in [1.29, 1.82) is 0 Å². The van der Waals surface area contributed by atoms with Gasteiger partial charge in [-0.2, -0.15) is 0 Å². The number of likely N-dealkylation sites (tertiary alicyclic amines) is 1. The van der Waals surface area contributed by atoms with Gasteiger partial charge in [0.1, 0.15) is 5.82 Å². The molecule has 1 aliphatic heterocycles. The maximum absolute atomic E-state index is 10.5. The van der Waals surface area contributed by atoms with Gasteiger partial charge in [-0.3, -0.25) is 4.90 Å². The number of hydrogen-bond donors (Lipinski definition) is 1. The lowest BCUT2D eigenvalue weighted by atomic mass is 9.71. The molecule has 1 unspecified atom stereocenters. The van der Waals surface area contributed by atoms with Gasteiger partial charge < -0.3 is 14.4 Å². The zero-order valence-electron chi connectivity index (χ0n) is 13.1. The Morgan fingerprint density at radius 2 is 2.15 bits per heavy atom. The molecular formula is C15H27N3O2. The third-order valence-electron chi connectivity index (χ3n) is 4.69. The van der Waals surface area contributed by atoms with E-state index in [-0.39, 0.29) is 5.41 Å². The molecule has 1 saturated heterocycles. The highest BCUT2D eigenvalue weighted by molar-refractivity contribution is 4.99. The first-order chi connectivity index (χ1) is 9.36. The molecule has 114 valence electrons. The highest BCUT2D eigenvalue weighted by Crippen LogP contribution is 2.38. The minimum Gasteiger partial charge on any atom is -0.390 e. The largest absolute Gasteiger partial charge is 0.390 e. The van der Waals surface area contributed by atoms with E-state index < -0.39 is 5.60 Å². The van der Waals surface area contributed by atoms with Crippen molar-refractivity contribution in [2.45, 2.75) is 45.9 Å². The van der Waals surface area contributed by atoms with Crippen LogP contribution in [-0.4, -0.2) is 52.0 Å². The van der Waals surface area contributed by atoms with E-state index in [4.69, 9.17) is 4.74 Å². The van der Waals surface area contributed by atoms with E-state index in [9.17, 15) is 5.11 Å². The Balaban J connectivity index is 1.99. The molecule has 1 aliphatic rings. The van der Waals surface area contributed by atoms with Crippen LogP contribution in [0.1, 0.15) is 33.0 Å². The molecule has 5 nitrogen and oxygen atoms in total. The summed E-state index contributed by atoms with van der Waals surface area (Å²) in [7, 11) is 1.71. The van der Waals surface area contributed by atoms with Crippen molar-refractivity contribution >= 4 is 0 Å². The first-order valence-corrected chi connectivity index (χ1v) is 7.29. The van der Waals surface area contributed by atoms with E-state index >= 15 is 0 Å². The van der Waals surface area contributed by atoms with Crippen molar-refractivity contribution in [3.8, 4) is 0 Å². The normalized spacial score (nSPS) is 26.9. The van der Waals surface area contributed by atoms with Crippen molar-refractivity contribution in [2.75, 3.05) is 26.8 Å². The van der Waals surface area contributed by atoms with Crippen LogP contribution in [0.5, 0.6) is 0 Å². The molecule has 0 aliphatic carbocycles. The quantitative estimate of drug-likeness (QED) is 0.889. The smallest absolute Gasteiger partial charge is 0.122 e. The van der Waals surface area contributed by atoms with Gasteiger partial charge in [-0.15, -0.1) is 0 Å². The Morgan fingerprint density at radius 1 is 1.40 bits per heavy atom. The second-order valence-corrected chi connectivity index (χ2v) is 6.65. The molecular weight excluding hydrogens is 254 g/mol. The molecule has 5 heteroatoms. The molecule has 1 fully saturated rings. The first-order valence-electron chi connectivity index (χ1n) is 7.29. The SMILES string of the molecule is COCCn1ccnc1CN1CCC(C)(O)C(C)(C)C1. The number of aromatic nitrogens is 2. The Bertz CT molecular complexity index is 440. The molecule has 1 atom stereocenters. The van der Waals surface area contributed by atoms with Crippen LogP contribution < -0.4 is 0 Å². The fraction of sp³-hybridized carbons (Fsp3) is 0.800. The van der Waals surface area contributed by atoms with Crippen LogP contribution in [0.15, 0.2) is 12.4 Å². The number of piperidine rings is 1. The average Bonchev–Trinajstić information content (AvgIpc) is 2.79. The molecule has 0 spiro atoms. The van der Waals surface area contributed by atoms with E-state index in [1.165, 1.54) is 0 Å². The highest BCUT2D eigenvalue weighted by atomic mass is 16.5. The summed E-state index contributed by atoms with van der Waals surface area (Å²) in [5.74, 6) is 1.07. The lowest BCUT2D eigenvalue weighted by molar-refractivity contribution is -0.107. The number of imidazole rings is 1. The summed E-state index contributed by atoms with van der Waals surface area (Å²) < 4.78 is 7.27. The van der Waals surface area contributed by atoms with Gasteiger partial charge in [-0.25, -0.2) is 4.98 Å². The predicted octanol–water partition coefficient (Wildman–Crippen LogP) is 1.51. The van der Waals surface area contributed by atoms with Gasteiger partial charge in [0.2, 0.25) is 0 Å². The Hall–Kier alpha value is -0.910. The molecule has 20 heavy (non-hydrogen) atoms. The summed E-state index contributed by atoms with van der Waals surface area (Å²) in [4.78, 5) is 6.83. The third kappa shape index (κ3) is 3.22. The predicted molar refractivity (Wildman–Crippen MR) is 78.4 cm³/mol. The van der Waals surface area contributed by atoms with Crippen LogP contribution >= 0.6 is 0 Å². The van der Waals surface area contributed by atoms with Crippen LogP contribution in [0.4, 0.5) is 0 Å². The van der Waals surface area contributed by atoms with E-state index in [2.05, 4.69) is 28.3 Å². The van der Waals surface area contributed by atoms with E-state index in [1.807, 2.05) is 19.3 Å². The number of nitrogens with zero attached hydrogens (tertiary/aromatic N) is 3. The van der Waals surface area contributed by atoms with Gasteiger partial charge in [0, 0.05) is 44.6 Å². The third-order valence-corrected chi connectivity index (χ3v) is 4.69. The van der Waals surface area contributed by atoms with Crippen LogP contribution in [0, 0.1) is 5.41 Å². The molecule has 1 aromatic rings. The Kier molecular flexibility index (Phi) is 4.52. The standard InChI is InChI=1S/C15H27N3O2/c1-14(2)12-17(7-5-15(14,3)19)11-13-16-6-8-18(13)9-10-20-4/h6,8,19H,5,7,9-12H2,1-4H3. The topological polar surface area (TPSA) is 50.5 Å². The lowest BCUT2D eigenvalue weighted by Crippen LogP contribution is -2.55. The van der Waals surface area contributed by atoms with Gasteiger partial charge in [-0.1, -0.05) is 13.8 Å². The monoisotopic (exact) mass is 281 g/mol. The number of rotatable bonds is 5. The molecule has 2 heterocycles. The van der Waals surface area contributed by atoms with Gasteiger partial charge in [0.05, 0.1) is 18.8 Å². The van der Waals surface area contributed by atoms with Crippen LogP contribution in [0.25, 0.3) is 0 Å². The van der Waals surface area contributed by atoms with Gasteiger partial charge in [-0.05, 0) is 13.3 Å². The number of ether oxygens (including phenoxy) is 1. The number of aliphatic hydroxyl groups is 1. The summed E-state index contributed by atoms with van der Waals surface area (Å²) in [5.41, 5.74) is -0.690. The van der Waals surface area contributed by atoms with Crippen molar-refractivity contribution < 1.29 is 9.84 Å². The molecule has 2 rings (SSSR count). The summed E-state index contributed by atoms with van der Waals surface area (Å²) in [5, 5.41) is 10.5. The van der Waals surface area contributed by atoms with Crippen molar-refractivity contribution in [1.82, 2.24) is 14.5 Å². The van der Waals surface area contributed by atoms with Crippen LogP contribution in [0.2, 0.25) is 0 Å². The molecule has 0 radical (unpaired) electrons. The van der Waals surface area contributed by atoms with Crippen LogP contribution in [-0.2, 0) is 17.8 Å². The molecule has 0 amide bonds. The summed E-state index contributed by atoms with van der Waals surface area (Å²) in [6, 6.07) is 0. The van der Waals surface area contributed by atoms with Gasteiger partial charge in [0.25, 0.3) is 0 Å². The van der Waals surface area contributed by atoms with E-state index in [1.54, 1.807) is 7.11 Å².